The summed E-state index contributed by atoms with van der Waals surface area (Å²) in [5, 5.41) is 0. The van der Waals surface area contributed by atoms with Crippen LogP contribution in [0.3, 0.4) is 0 Å². The van der Waals surface area contributed by atoms with Gasteiger partial charge in [-0.25, -0.2) is 0 Å². The fraction of sp³-hybridized carbons (Fsp3) is 0.333. The summed E-state index contributed by atoms with van der Waals surface area (Å²) < 4.78 is 5.48. The Morgan fingerprint density at radius 1 is 0.968 bits per heavy atom. The Bertz CT molecular complexity index is 995. The highest BCUT2D eigenvalue weighted by Gasteiger charge is 2.24. The summed E-state index contributed by atoms with van der Waals surface area (Å²) in [7, 11) is 1.71. The molecule has 1 aliphatic rings. The molecule has 0 unspecified atom stereocenters. The lowest BCUT2D eigenvalue weighted by molar-refractivity contribution is -0.132. The summed E-state index contributed by atoms with van der Waals surface area (Å²) in [5.41, 5.74) is 4.57. The topological polar surface area (TPSA) is 42.4 Å². The number of nitrogens with zero attached hydrogens (tertiary/aromatic N) is 2. The smallest absolute Gasteiger partial charge is 0.222 e. The second-order valence-corrected chi connectivity index (χ2v) is 8.18. The summed E-state index contributed by atoms with van der Waals surface area (Å²) in [4.78, 5) is 19.6. The van der Waals surface area contributed by atoms with Crippen LogP contribution < -0.4 is 4.74 Å². The van der Waals surface area contributed by atoms with E-state index in [1.165, 1.54) is 5.56 Å². The number of aryl methyl sites for hydroxylation is 1. The lowest BCUT2D eigenvalue weighted by atomic mass is 9.92. The fourth-order valence-corrected chi connectivity index (χ4v) is 4.35. The Hall–Kier alpha value is -3.14. The van der Waals surface area contributed by atoms with E-state index < -0.39 is 0 Å². The van der Waals surface area contributed by atoms with Crippen LogP contribution in [0.15, 0.2) is 72.8 Å². The zero-order chi connectivity index (χ0) is 21.5. The van der Waals surface area contributed by atoms with Crippen LogP contribution in [0.25, 0.3) is 0 Å². The van der Waals surface area contributed by atoms with Crippen molar-refractivity contribution in [2.24, 2.45) is 0 Å². The highest BCUT2D eigenvalue weighted by molar-refractivity contribution is 5.76. The van der Waals surface area contributed by atoms with E-state index >= 15 is 0 Å². The number of piperidine rings is 1. The van der Waals surface area contributed by atoms with E-state index in [4.69, 9.17) is 9.72 Å². The number of amides is 1. The summed E-state index contributed by atoms with van der Waals surface area (Å²) in [6, 6.07) is 24.7. The molecule has 2 heterocycles. The van der Waals surface area contributed by atoms with Crippen LogP contribution in [0.2, 0.25) is 0 Å². The molecule has 2 aromatic carbocycles. The van der Waals surface area contributed by atoms with Crippen molar-refractivity contribution in [3.8, 4) is 5.75 Å². The number of hydrogen-bond donors (Lipinski definition) is 0. The number of pyridine rings is 1. The molecule has 0 radical (unpaired) electrons. The molecule has 1 aliphatic heterocycles. The molecule has 0 saturated carbocycles. The van der Waals surface area contributed by atoms with Crippen LogP contribution in [-0.2, 0) is 17.6 Å². The van der Waals surface area contributed by atoms with Crippen molar-refractivity contribution < 1.29 is 9.53 Å². The molecule has 1 aromatic heterocycles. The SMILES string of the molecule is COc1ccccc1Cc1cccc(C2CCN(C(=O)CCc3ccccc3)CC2)n1. The second kappa shape index (κ2) is 10.3. The summed E-state index contributed by atoms with van der Waals surface area (Å²) in [5.74, 6) is 1.58. The predicted octanol–water partition coefficient (Wildman–Crippen LogP) is 5.02. The third kappa shape index (κ3) is 5.52. The van der Waals surface area contributed by atoms with Crippen molar-refractivity contribution in [2.45, 2.75) is 38.0 Å². The van der Waals surface area contributed by atoms with Gasteiger partial charge in [-0.15, -0.1) is 0 Å². The average molecular weight is 415 g/mol. The number of carbonyl (C=O) groups excluding carboxylic acids is 1. The average Bonchev–Trinajstić information content (AvgIpc) is 2.84. The van der Waals surface area contributed by atoms with Gasteiger partial charge in [0.05, 0.1) is 7.11 Å². The number of methoxy groups -OCH3 is 1. The molecular formula is C27H30N2O2. The minimum absolute atomic E-state index is 0.264. The van der Waals surface area contributed by atoms with Crippen LogP contribution in [0.4, 0.5) is 0 Å². The highest BCUT2D eigenvalue weighted by Crippen LogP contribution is 2.28. The van der Waals surface area contributed by atoms with Crippen LogP contribution in [0.1, 0.15) is 47.7 Å². The molecule has 1 amide bonds. The number of ether oxygens (including phenoxy) is 1. The minimum atomic E-state index is 0.264. The second-order valence-electron chi connectivity index (χ2n) is 8.18. The Morgan fingerprint density at radius 3 is 2.48 bits per heavy atom. The standard InChI is InChI=1S/C27H30N2O2/c1-31-26-13-6-5-10-23(26)20-24-11-7-12-25(28-24)22-16-18-29(19-17-22)27(30)15-14-21-8-3-2-4-9-21/h2-13,22H,14-20H2,1H3. The van der Waals surface area contributed by atoms with Gasteiger partial charge >= 0.3 is 0 Å². The summed E-state index contributed by atoms with van der Waals surface area (Å²) >= 11 is 0. The molecule has 160 valence electrons. The van der Waals surface area contributed by atoms with Gasteiger partial charge in [0, 0.05) is 48.8 Å². The van der Waals surface area contributed by atoms with Gasteiger partial charge in [-0.3, -0.25) is 9.78 Å². The maximum Gasteiger partial charge on any atom is 0.222 e. The number of rotatable bonds is 7. The first-order valence-corrected chi connectivity index (χ1v) is 11.1. The Labute approximate surface area is 184 Å². The number of benzene rings is 2. The number of para-hydroxylation sites is 1. The van der Waals surface area contributed by atoms with Crippen molar-refractivity contribution in [3.63, 3.8) is 0 Å². The first-order valence-electron chi connectivity index (χ1n) is 11.1. The van der Waals surface area contributed by atoms with Crippen LogP contribution in [0, 0.1) is 0 Å². The molecule has 3 aromatic rings. The Kier molecular flexibility index (Phi) is 6.98. The van der Waals surface area contributed by atoms with E-state index in [-0.39, 0.29) is 5.91 Å². The lowest BCUT2D eigenvalue weighted by Gasteiger charge is -2.32. The molecule has 1 saturated heterocycles. The summed E-state index contributed by atoms with van der Waals surface area (Å²) in [6.45, 7) is 1.63. The van der Waals surface area contributed by atoms with Gasteiger partial charge in [0.15, 0.2) is 0 Å². The van der Waals surface area contributed by atoms with Gasteiger partial charge in [0.25, 0.3) is 0 Å². The van der Waals surface area contributed by atoms with E-state index in [0.717, 1.165) is 61.5 Å². The first kappa shape index (κ1) is 21.1. The van der Waals surface area contributed by atoms with E-state index in [2.05, 4.69) is 36.4 Å². The van der Waals surface area contributed by atoms with Gasteiger partial charge in [0.1, 0.15) is 5.75 Å². The van der Waals surface area contributed by atoms with Gasteiger partial charge in [-0.05, 0) is 43.0 Å². The normalized spacial score (nSPS) is 14.4. The molecule has 31 heavy (non-hydrogen) atoms. The molecule has 0 aliphatic carbocycles. The fourth-order valence-electron chi connectivity index (χ4n) is 4.35. The van der Waals surface area contributed by atoms with Crippen molar-refractivity contribution in [1.29, 1.82) is 0 Å². The van der Waals surface area contributed by atoms with Gasteiger partial charge < -0.3 is 9.64 Å². The number of aromatic nitrogens is 1. The minimum Gasteiger partial charge on any atom is -0.496 e. The molecule has 0 spiro atoms. The monoisotopic (exact) mass is 414 g/mol. The van der Waals surface area contributed by atoms with E-state index in [1.54, 1.807) is 7.11 Å². The molecular weight excluding hydrogens is 384 g/mol. The predicted molar refractivity (Wildman–Crippen MR) is 123 cm³/mol. The first-order chi connectivity index (χ1) is 15.2. The van der Waals surface area contributed by atoms with E-state index in [0.29, 0.717) is 12.3 Å². The Balaban J connectivity index is 1.32. The Morgan fingerprint density at radius 2 is 1.71 bits per heavy atom. The molecule has 4 rings (SSSR count). The third-order valence-electron chi connectivity index (χ3n) is 6.13. The molecule has 0 N–H and O–H groups in total. The summed E-state index contributed by atoms with van der Waals surface area (Å²) in [6.07, 6.45) is 4.10. The quantitative estimate of drug-likeness (QED) is 0.545. The van der Waals surface area contributed by atoms with E-state index in [1.807, 2.05) is 41.3 Å². The maximum absolute atomic E-state index is 12.6. The maximum atomic E-state index is 12.6. The zero-order valence-electron chi connectivity index (χ0n) is 18.2. The lowest BCUT2D eigenvalue weighted by Crippen LogP contribution is -2.38. The zero-order valence-corrected chi connectivity index (χ0v) is 18.2. The van der Waals surface area contributed by atoms with Crippen LogP contribution >= 0.6 is 0 Å². The molecule has 0 atom stereocenters. The van der Waals surface area contributed by atoms with Crippen LogP contribution in [-0.4, -0.2) is 36.0 Å². The van der Waals surface area contributed by atoms with Gasteiger partial charge in [0.2, 0.25) is 5.91 Å². The molecule has 1 fully saturated rings. The van der Waals surface area contributed by atoms with Gasteiger partial charge in [-0.2, -0.15) is 0 Å². The van der Waals surface area contributed by atoms with Crippen molar-refractivity contribution in [2.75, 3.05) is 20.2 Å². The molecule has 4 nitrogen and oxygen atoms in total. The third-order valence-corrected chi connectivity index (χ3v) is 6.13. The van der Waals surface area contributed by atoms with E-state index in [9.17, 15) is 4.79 Å². The largest absolute Gasteiger partial charge is 0.496 e. The van der Waals surface area contributed by atoms with Gasteiger partial charge in [-0.1, -0.05) is 54.6 Å². The molecule has 0 bridgehead atoms. The van der Waals surface area contributed by atoms with Crippen molar-refractivity contribution >= 4 is 5.91 Å². The number of hydrogen-bond acceptors (Lipinski definition) is 3. The highest BCUT2D eigenvalue weighted by atomic mass is 16.5. The van der Waals surface area contributed by atoms with Crippen LogP contribution in [0.5, 0.6) is 5.75 Å². The molecule has 4 heteroatoms. The number of likely N-dealkylation sites (tertiary alicyclic amines) is 1. The van der Waals surface area contributed by atoms with Crippen molar-refractivity contribution in [3.05, 3.63) is 95.3 Å². The van der Waals surface area contributed by atoms with Crippen molar-refractivity contribution in [1.82, 2.24) is 9.88 Å². The number of carbonyl (C=O) groups is 1.